The third kappa shape index (κ3) is 6.02. The van der Waals surface area contributed by atoms with Crippen LogP contribution in [-0.2, 0) is 11.0 Å². The summed E-state index contributed by atoms with van der Waals surface area (Å²) in [6, 6.07) is 11.4. The molecular formula is C20H21F3N2O2S. The van der Waals surface area contributed by atoms with Crippen LogP contribution >= 0.6 is 11.8 Å². The van der Waals surface area contributed by atoms with Gasteiger partial charge >= 0.3 is 6.18 Å². The molecule has 2 aromatic rings. The number of amides is 2. The van der Waals surface area contributed by atoms with E-state index in [4.69, 9.17) is 0 Å². The third-order valence-corrected chi connectivity index (χ3v) is 4.99. The van der Waals surface area contributed by atoms with Crippen LogP contribution in [0.1, 0.15) is 29.8 Å². The number of alkyl halides is 3. The molecule has 0 heterocycles. The second kappa shape index (κ2) is 9.64. The van der Waals surface area contributed by atoms with E-state index < -0.39 is 11.7 Å². The van der Waals surface area contributed by atoms with Gasteiger partial charge < -0.3 is 10.2 Å². The molecule has 28 heavy (non-hydrogen) atoms. The molecule has 1 N–H and O–H groups in total. The molecule has 0 spiro atoms. The van der Waals surface area contributed by atoms with Crippen molar-refractivity contribution in [2.45, 2.75) is 24.9 Å². The second-order valence-corrected chi connectivity index (χ2v) is 6.97. The Kier molecular flexibility index (Phi) is 7.51. The molecule has 0 aromatic heterocycles. The van der Waals surface area contributed by atoms with Crippen molar-refractivity contribution in [1.29, 1.82) is 0 Å². The molecule has 0 bridgehead atoms. The molecule has 0 fully saturated rings. The number of rotatable bonds is 7. The number of hydrogen-bond donors (Lipinski definition) is 1. The number of carbonyl (C=O) groups excluding carboxylic acids is 2. The van der Waals surface area contributed by atoms with Gasteiger partial charge in [0.15, 0.2) is 0 Å². The number of nitrogens with one attached hydrogen (secondary N) is 1. The summed E-state index contributed by atoms with van der Waals surface area (Å²) < 4.78 is 38.2. The highest BCUT2D eigenvalue weighted by Crippen LogP contribution is 2.31. The highest BCUT2D eigenvalue weighted by molar-refractivity contribution is 8.00. The molecule has 0 aliphatic heterocycles. The Morgan fingerprint density at radius 1 is 1.04 bits per heavy atom. The largest absolute Gasteiger partial charge is 0.416 e. The standard InChI is InChI=1S/C20H21F3N2O2S/c1-3-25(4-2)19(27)14-8-10-16(11-9-14)24-18(26)13-28-17-7-5-6-15(12-17)20(21,22)23/h5-12H,3-4,13H2,1-2H3,(H,24,26). The van der Waals surface area contributed by atoms with Crippen molar-refractivity contribution in [2.24, 2.45) is 0 Å². The zero-order chi connectivity index (χ0) is 20.7. The molecule has 4 nitrogen and oxygen atoms in total. The third-order valence-electron chi connectivity index (χ3n) is 4.00. The minimum absolute atomic E-state index is 0.0263. The van der Waals surface area contributed by atoms with Crippen molar-refractivity contribution >= 4 is 29.3 Å². The van der Waals surface area contributed by atoms with Gasteiger partial charge in [0, 0.05) is 29.2 Å². The summed E-state index contributed by atoms with van der Waals surface area (Å²) in [5, 5.41) is 2.67. The topological polar surface area (TPSA) is 49.4 Å². The Labute approximate surface area is 166 Å². The van der Waals surface area contributed by atoms with E-state index in [9.17, 15) is 22.8 Å². The van der Waals surface area contributed by atoms with E-state index in [1.165, 1.54) is 12.1 Å². The summed E-state index contributed by atoms with van der Waals surface area (Å²) in [7, 11) is 0. The van der Waals surface area contributed by atoms with Gasteiger partial charge in [-0.2, -0.15) is 13.2 Å². The summed E-state index contributed by atoms with van der Waals surface area (Å²) >= 11 is 1.02. The molecule has 2 aromatic carbocycles. The van der Waals surface area contributed by atoms with E-state index in [0.717, 1.165) is 23.9 Å². The minimum Gasteiger partial charge on any atom is -0.339 e. The molecule has 2 rings (SSSR count). The smallest absolute Gasteiger partial charge is 0.339 e. The van der Waals surface area contributed by atoms with Crippen molar-refractivity contribution < 1.29 is 22.8 Å². The van der Waals surface area contributed by atoms with E-state index in [-0.39, 0.29) is 17.6 Å². The highest BCUT2D eigenvalue weighted by atomic mass is 32.2. The monoisotopic (exact) mass is 410 g/mol. The first-order valence-corrected chi connectivity index (χ1v) is 9.72. The minimum atomic E-state index is -4.41. The normalized spacial score (nSPS) is 11.2. The molecule has 150 valence electrons. The fraction of sp³-hybridized carbons (Fsp3) is 0.300. The maximum atomic E-state index is 12.7. The number of thioether (sulfide) groups is 1. The van der Waals surface area contributed by atoms with E-state index in [0.29, 0.717) is 29.2 Å². The number of nitrogens with zero attached hydrogens (tertiary/aromatic N) is 1. The van der Waals surface area contributed by atoms with Crippen LogP contribution in [0.5, 0.6) is 0 Å². The highest BCUT2D eigenvalue weighted by Gasteiger charge is 2.30. The van der Waals surface area contributed by atoms with Crippen LogP contribution in [0.15, 0.2) is 53.4 Å². The Morgan fingerprint density at radius 2 is 1.68 bits per heavy atom. The Morgan fingerprint density at radius 3 is 2.25 bits per heavy atom. The summed E-state index contributed by atoms with van der Waals surface area (Å²) in [5.74, 6) is -0.449. The molecule has 0 atom stereocenters. The quantitative estimate of drug-likeness (QED) is 0.660. The number of hydrogen-bond acceptors (Lipinski definition) is 3. The van der Waals surface area contributed by atoms with Gasteiger partial charge in [0.25, 0.3) is 5.91 Å². The lowest BCUT2D eigenvalue weighted by atomic mass is 10.2. The lowest BCUT2D eigenvalue weighted by molar-refractivity contribution is -0.137. The first kappa shape index (κ1) is 21.8. The molecule has 0 unspecified atom stereocenters. The zero-order valence-electron chi connectivity index (χ0n) is 15.5. The average molecular weight is 410 g/mol. The van der Waals surface area contributed by atoms with Gasteiger partial charge in [-0.15, -0.1) is 11.8 Å². The van der Waals surface area contributed by atoms with E-state index >= 15 is 0 Å². The Balaban J connectivity index is 1.92. The van der Waals surface area contributed by atoms with Crippen LogP contribution in [0.2, 0.25) is 0 Å². The van der Waals surface area contributed by atoms with Crippen molar-refractivity contribution in [3.63, 3.8) is 0 Å². The Bertz CT molecular complexity index is 819. The first-order chi connectivity index (χ1) is 13.2. The van der Waals surface area contributed by atoms with E-state index in [2.05, 4.69) is 5.32 Å². The van der Waals surface area contributed by atoms with Gasteiger partial charge in [-0.25, -0.2) is 0 Å². The zero-order valence-corrected chi connectivity index (χ0v) is 16.4. The summed E-state index contributed by atoms with van der Waals surface area (Å²) in [6.45, 7) is 5.03. The van der Waals surface area contributed by atoms with Crippen molar-refractivity contribution in [3.05, 3.63) is 59.7 Å². The summed E-state index contributed by atoms with van der Waals surface area (Å²) in [6.07, 6.45) is -4.41. The fourth-order valence-electron chi connectivity index (χ4n) is 2.50. The first-order valence-electron chi connectivity index (χ1n) is 8.73. The molecule has 8 heteroatoms. The summed E-state index contributed by atoms with van der Waals surface area (Å²) in [5.41, 5.74) is 0.303. The maximum absolute atomic E-state index is 12.7. The second-order valence-electron chi connectivity index (χ2n) is 5.92. The molecule has 0 aliphatic rings. The van der Waals surface area contributed by atoms with Crippen LogP contribution in [0.4, 0.5) is 18.9 Å². The molecule has 0 saturated heterocycles. The van der Waals surface area contributed by atoms with Gasteiger partial charge in [-0.05, 0) is 56.3 Å². The van der Waals surface area contributed by atoms with Gasteiger partial charge in [-0.1, -0.05) is 6.07 Å². The lowest BCUT2D eigenvalue weighted by Gasteiger charge is -2.18. The average Bonchev–Trinajstić information content (AvgIpc) is 2.67. The molecule has 0 radical (unpaired) electrons. The molecular weight excluding hydrogens is 389 g/mol. The van der Waals surface area contributed by atoms with Crippen molar-refractivity contribution in [2.75, 3.05) is 24.2 Å². The molecule has 0 saturated carbocycles. The molecule has 0 aliphatic carbocycles. The fourth-order valence-corrected chi connectivity index (χ4v) is 3.25. The number of halogens is 3. The predicted molar refractivity (Wildman–Crippen MR) is 104 cm³/mol. The van der Waals surface area contributed by atoms with Gasteiger partial charge in [0.2, 0.25) is 5.91 Å². The van der Waals surface area contributed by atoms with Crippen LogP contribution < -0.4 is 5.32 Å². The van der Waals surface area contributed by atoms with Gasteiger partial charge in [0.05, 0.1) is 11.3 Å². The summed E-state index contributed by atoms with van der Waals surface area (Å²) in [4.78, 5) is 26.4. The SMILES string of the molecule is CCN(CC)C(=O)c1ccc(NC(=O)CSc2cccc(C(F)(F)F)c2)cc1. The van der Waals surface area contributed by atoms with Crippen LogP contribution in [0.3, 0.4) is 0 Å². The number of anilines is 1. The van der Waals surface area contributed by atoms with Crippen molar-refractivity contribution in [3.8, 4) is 0 Å². The Hall–Kier alpha value is -2.48. The van der Waals surface area contributed by atoms with E-state index in [1.54, 1.807) is 29.2 Å². The van der Waals surface area contributed by atoms with Gasteiger partial charge in [0.1, 0.15) is 0 Å². The predicted octanol–water partition coefficient (Wildman–Crippen LogP) is 4.92. The van der Waals surface area contributed by atoms with E-state index in [1.807, 2.05) is 13.8 Å². The van der Waals surface area contributed by atoms with Crippen LogP contribution in [0.25, 0.3) is 0 Å². The van der Waals surface area contributed by atoms with Crippen LogP contribution in [-0.4, -0.2) is 35.6 Å². The van der Waals surface area contributed by atoms with Gasteiger partial charge in [-0.3, -0.25) is 9.59 Å². The maximum Gasteiger partial charge on any atom is 0.416 e. The number of benzene rings is 2. The number of carbonyl (C=O) groups is 2. The molecule has 2 amide bonds. The van der Waals surface area contributed by atoms with Crippen molar-refractivity contribution in [1.82, 2.24) is 4.90 Å². The van der Waals surface area contributed by atoms with Crippen LogP contribution in [0, 0.1) is 0 Å². The lowest BCUT2D eigenvalue weighted by Crippen LogP contribution is -2.30.